The van der Waals surface area contributed by atoms with Crippen molar-refractivity contribution in [3.63, 3.8) is 0 Å². The van der Waals surface area contributed by atoms with Crippen LogP contribution in [0, 0.1) is 5.82 Å². The van der Waals surface area contributed by atoms with Gasteiger partial charge in [0.1, 0.15) is 5.82 Å². The van der Waals surface area contributed by atoms with Crippen molar-refractivity contribution in [1.82, 2.24) is 4.31 Å². The van der Waals surface area contributed by atoms with Crippen molar-refractivity contribution < 1.29 is 21.2 Å². The lowest BCUT2D eigenvalue weighted by Crippen LogP contribution is -2.35. The van der Waals surface area contributed by atoms with E-state index in [1.165, 1.54) is 40.7 Å². The van der Waals surface area contributed by atoms with E-state index in [1.807, 2.05) is 0 Å². The fourth-order valence-electron chi connectivity index (χ4n) is 2.80. The molecule has 1 N–H and O–H groups in total. The maximum Gasteiger partial charge on any atom is 0.261 e. The fraction of sp³-hybridized carbons (Fsp3) is 0.294. The highest BCUT2D eigenvalue weighted by molar-refractivity contribution is 7.92. The molecule has 0 amide bonds. The van der Waals surface area contributed by atoms with Crippen LogP contribution in [0.4, 0.5) is 10.1 Å². The molecular weight excluding hydrogens is 379 g/mol. The average Bonchev–Trinajstić information content (AvgIpc) is 2.63. The highest BCUT2D eigenvalue weighted by Crippen LogP contribution is 2.23. The molecule has 9 heteroatoms. The third kappa shape index (κ3) is 4.05. The van der Waals surface area contributed by atoms with E-state index in [1.54, 1.807) is 0 Å². The van der Waals surface area contributed by atoms with E-state index in [0.29, 0.717) is 13.1 Å². The minimum atomic E-state index is -3.95. The molecule has 2 aromatic rings. The maximum absolute atomic E-state index is 13.2. The second kappa shape index (κ2) is 7.34. The number of sulfonamides is 2. The smallest absolute Gasteiger partial charge is 0.261 e. The summed E-state index contributed by atoms with van der Waals surface area (Å²) in [6.45, 7) is 0.993. The predicted octanol–water partition coefficient (Wildman–Crippen LogP) is 2.80. The summed E-state index contributed by atoms with van der Waals surface area (Å²) in [5, 5.41) is 0. The summed E-state index contributed by atoms with van der Waals surface area (Å²) in [5.41, 5.74) is 0.201. The van der Waals surface area contributed by atoms with Crippen LogP contribution in [-0.4, -0.2) is 34.2 Å². The maximum atomic E-state index is 13.2. The molecule has 2 aromatic carbocycles. The van der Waals surface area contributed by atoms with Gasteiger partial charge >= 0.3 is 0 Å². The summed E-state index contributed by atoms with van der Waals surface area (Å²) in [4.78, 5) is -0.0874. The summed E-state index contributed by atoms with van der Waals surface area (Å²) in [7, 11) is -7.53. The Labute approximate surface area is 152 Å². The molecule has 0 aromatic heterocycles. The number of anilines is 1. The number of nitrogens with one attached hydrogen (secondary N) is 1. The second-order valence-electron chi connectivity index (χ2n) is 6.05. The monoisotopic (exact) mass is 398 g/mol. The summed E-state index contributed by atoms with van der Waals surface area (Å²) in [6, 6.07) is 10.2. The molecule has 0 saturated carbocycles. The Morgan fingerprint density at radius 3 is 2.12 bits per heavy atom. The SMILES string of the molecule is O=S(=O)(Nc1ccc(S(=O)(=O)N2CCCCC2)cc1)c1cccc(F)c1. The lowest BCUT2D eigenvalue weighted by atomic mass is 10.2. The minimum absolute atomic E-state index is 0.119. The van der Waals surface area contributed by atoms with E-state index in [4.69, 9.17) is 0 Å². The summed E-state index contributed by atoms with van der Waals surface area (Å²) < 4.78 is 66.7. The third-order valence-corrected chi connectivity index (χ3v) is 7.46. The summed E-state index contributed by atoms with van der Waals surface area (Å²) in [6.07, 6.45) is 2.70. The molecule has 3 rings (SSSR count). The van der Waals surface area contributed by atoms with Crippen molar-refractivity contribution in [2.45, 2.75) is 29.1 Å². The Bertz CT molecular complexity index is 984. The Morgan fingerprint density at radius 2 is 1.50 bits per heavy atom. The summed E-state index contributed by atoms with van der Waals surface area (Å²) >= 11 is 0. The third-order valence-electron chi connectivity index (χ3n) is 4.17. The van der Waals surface area contributed by atoms with Crippen LogP contribution in [0.25, 0.3) is 0 Å². The molecule has 0 spiro atoms. The van der Waals surface area contributed by atoms with E-state index in [9.17, 15) is 21.2 Å². The number of hydrogen-bond acceptors (Lipinski definition) is 4. The molecule has 1 saturated heterocycles. The van der Waals surface area contributed by atoms with E-state index in [-0.39, 0.29) is 15.5 Å². The molecule has 6 nitrogen and oxygen atoms in total. The molecule has 1 aliphatic rings. The highest BCUT2D eigenvalue weighted by atomic mass is 32.2. The molecule has 0 bridgehead atoms. The molecule has 0 radical (unpaired) electrons. The Kier molecular flexibility index (Phi) is 5.31. The van der Waals surface area contributed by atoms with Crippen LogP contribution in [-0.2, 0) is 20.0 Å². The van der Waals surface area contributed by atoms with Gasteiger partial charge in [-0.15, -0.1) is 0 Å². The molecule has 0 atom stereocenters. The molecule has 1 aliphatic heterocycles. The van der Waals surface area contributed by atoms with Gasteiger partial charge < -0.3 is 0 Å². The van der Waals surface area contributed by atoms with Crippen LogP contribution in [0.5, 0.6) is 0 Å². The van der Waals surface area contributed by atoms with E-state index in [0.717, 1.165) is 31.4 Å². The zero-order valence-corrected chi connectivity index (χ0v) is 15.6. The van der Waals surface area contributed by atoms with Crippen molar-refractivity contribution in [2.24, 2.45) is 0 Å². The van der Waals surface area contributed by atoms with Gasteiger partial charge in [-0.1, -0.05) is 12.5 Å². The van der Waals surface area contributed by atoms with Gasteiger partial charge in [0.2, 0.25) is 10.0 Å². The van der Waals surface area contributed by atoms with E-state index < -0.39 is 25.9 Å². The fourth-order valence-corrected chi connectivity index (χ4v) is 5.40. The van der Waals surface area contributed by atoms with Gasteiger partial charge in [-0.25, -0.2) is 21.2 Å². The lowest BCUT2D eigenvalue weighted by molar-refractivity contribution is 0.346. The Morgan fingerprint density at radius 1 is 0.846 bits per heavy atom. The molecule has 1 heterocycles. The first-order chi connectivity index (χ1) is 12.3. The van der Waals surface area contributed by atoms with Gasteiger partial charge in [-0.3, -0.25) is 4.72 Å². The zero-order chi connectivity index (χ0) is 18.8. The van der Waals surface area contributed by atoms with Crippen LogP contribution in [0.3, 0.4) is 0 Å². The van der Waals surface area contributed by atoms with Gasteiger partial charge in [-0.2, -0.15) is 4.31 Å². The van der Waals surface area contributed by atoms with Gasteiger partial charge in [0.15, 0.2) is 0 Å². The largest absolute Gasteiger partial charge is 0.280 e. The van der Waals surface area contributed by atoms with Gasteiger partial charge in [0.05, 0.1) is 9.79 Å². The molecular formula is C17H19FN2O4S2. The highest BCUT2D eigenvalue weighted by Gasteiger charge is 2.26. The quantitative estimate of drug-likeness (QED) is 0.839. The Hall–Kier alpha value is -1.97. The number of benzene rings is 2. The van der Waals surface area contributed by atoms with Crippen LogP contribution in [0.1, 0.15) is 19.3 Å². The molecule has 26 heavy (non-hydrogen) atoms. The first kappa shape index (κ1) is 18.8. The summed E-state index contributed by atoms with van der Waals surface area (Å²) in [5.74, 6) is -0.657. The first-order valence-electron chi connectivity index (χ1n) is 8.18. The molecule has 140 valence electrons. The average molecular weight is 398 g/mol. The molecule has 0 unspecified atom stereocenters. The van der Waals surface area contributed by atoms with Crippen molar-refractivity contribution in [1.29, 1.82) is 0 Å². The van der Waals surface area contributed by atoms with Gasteiger partial charge in [0.25, 0.3) is 10.0 Å². The van der Waals surface area contributed by atoms with E-state index in [2.05, 4.69) is 4.72 Å². The topological polar surface area (TPSA) is 83.5 Å². The van der Waals surface area contributed by atoms with Crippen molar-refractivity contribution in [3.8, 4) is 0 Å². The van der Waals surface area contributed by atoms with Gasteiger partial charge in [-0.05, 0) is 55.3 Å². The Balaban J connectivity index is 1.79. The lowest BCUT2D eigenvalue weighted by Gasteiger charge is -2.25. The molecule has 1 fully saturated rings. The van der Waals surface area contributed by atoms with Gasteiger partial charge in [0, 0.05) is 18.8 Å². The van der Waals surface area contributed by atoms with Crippen molar-refractivity contribution >= 4 is 25.7 Å². The van der Waals surface area contributed by atoms with Crippen LogP contribution < -0.4 is 4.72 Å². The normalized spacial score (nSPS) is 16.3. The number of piperidine rings is 1. The molecule has 0 aliphatic carbocycles. The number of hydrogen-bond donors (Lipinski definition) is 1. The standard InChI is InChI=1S/C17H19FN2O4S2/c18-14-5-4-6-17(13-14)25(21,22)19-15-7-9-16(10-8-15)26(23,24)20-11-2-1-3-12-20/h4-10,13,19H,1-3,11-12H2. The number of rotatable bonds is 5. The van der Waals surface area contributed by atoms with E-state index >= 15 is 0 Å². The van der Waals surface area contributed by atoms with Crippen LogP contribution in [0.2, 0.25) is 0 Å². The number of nitrogens with zero attached hydrogens (tertiary/aromatic N) is 1. The van der Waals surface area contributed by atoms with Crippen molar-refractivity contribution in [3.05, 3.63) is 54.3 Å². The van der Waals surface area contributed by atoms with Crippen LogP contribution in [0.15, 0.2) is 58.3 Å². The van der Waals surface area contributed by atoms with Crippen molar-refractivity contribution in [2.75, 3.05) is 17.8 Å². The van der Waals surface area contributed by atoms with Crippen LogP contribution >= 0.6 is 0 Å². The second-order valence-corrected chi connectivity index (χ2v) is 9.67. The first-order valence-corrected chi connectivity index (χ1v) is 11.1. The minimum Gasteiger partial charge on any atom is -0.280 e. The zero-order valence-electron chi connectivity index (χ0n) is 13.9. The predicted molar refractivity (Wildman–Crippen MR) is 96.3 cm³/mol. The number of halogens is 1.